The second-order valence-corrected chi connectivity index (χ2v) is 9.61. The Labute approximate surface area is 228 Å². The fourth-order valence-corrected chi connectivity index (χ4v) is 4.35. The quantitative estimate of drug-likeness (QED) is 0.220. The Balaban J connectivity index is -0.000000521. The van der Waals surface area contributed by atoms with Crippen molar-refractivity contribution in [1.29, 1.82) is 0 Å². The molecule has 0 heterocycles. The van der Waals surface area contributed by atoms with Crippen LogP contribution in [-0.2, 0) is 28.6 Å². The van der Waals surface area contributed by atoms with Gasteiger partial charge in [-0.1, -0.05) is 13.8 Å². The van der Waals surface area contributed by atoms with Gasteiger partial charge in [-0.05, 0) is 91.8 Å². The SMILES string of the molecule is CC.CCOC(=O)C1CCC2C(C(=O)OCC)C12.CN.CN.CSCCC(C=O)NC(=O)OC(C)(C)C. The Morgan fingerprint density at radius 1 is 1.00 bits per heavy atom. The second kappa shape index (κ2) is 23.3. The van der Waals surface area contributed by atoms with Crippen LogP contribution < -0.4 is 16.8 Å². The van der Waals surface area contributed by atoms with E-state index in [-0.39, 0.29) is 29.7 Å². The zero-order valence-electron chi connectivity index (χ0n) is 24.6. The number of fused-ring (bicyclic) bond motifs is 1. The molecular weight excluding hydrogens is 498 g/mol. The number of hydrogen-bond acceptors (Lipinski definition) is 10. The summed E-state index contributed by atoms with van der Waals surface area (Å²) in [5.74, 6) is 1.02. The van der Waals surface area contributed by atoms with Crippen LogP contribution in [0.25, 0.3) is 0 Å². The van der Waals surface area contributed by atoms with Crippen molar-refractivity contribution in [3.8, 4) is 0 Å². The number of nitrogens with one attached hydrogen (secondary N) is 1. The number of nitrogens with two attached hydrogens (primary N) is 2. The number of carbonyl (C=O) groups is 4. The maximum atomic E-state index is 11.6. The van der Waals surface area contributed by atoms with Crippen molar-refractivity contribution < 1.29 is 33.4 Å². The summed E-state index contributed by atoms with van der Waals surface area (Å²) in [5, 5.41) is 2.52. The highest BCUT2D eigenvalue weighted by Gasteiger charge is 2.64. The van der Waals surface area contributed by atoms with Crippen LogP contribution in [0.4, 0.5) is 4.79 Å². The van der Waals surface area contributed by atoms with Crippen LogP contribution in [0.15, 0.2) is 0 Å². The Morgan fingerprint density at radius 3 is 1.95 bits per heavy atom. The molecule has 37 heavy (non-hydrogen) atoms. The van der Waals surface area contributed by atoms with E-state index in [1.54, 1.807) is 46.4 Å². The lowest BCUT2D eigenvalue weighted by Crippen LogP contribution is -2.40. The average molecular weight is 552 g/mol. The summed E-state index contributed by atoms with van der Waals surface area (Å²) in [6.07, 6.45) is 4.60. The van der Waals surface area contributed by atoms with Gasteiger partial charge in [0.15, 0.2) is 0 Å². The minimum Gasteiger partial charge on any atom is -0.466 e. The molecule has 0 spiro atoms. The van der Waals surface area contributed by atoms with E-state index >= 15 is 0 Å². The molecule has 0 aromatic heterocycles. The summed E-state index contributed by atoms with van der Waals surface area (Å²) in [5.41, 5.74) is 8.47. The van der Waals surface area contributed by atoms with Gasteiger partial charge in [-0.25, -0.2) is 4.79 Å². The summed E-state index contributed by atoms with van der Waals surface area (Å²) in [7, 11) is 3.00. The average Bonchev–Trinajstić information content (AvgIpc) is 3.43. The largest absolute Gasteiger partial charge is 0.466 e. The topological polar surface area (TPSA) is 160 Å². The molecule has 5 N–H and O–H groups in total. The van der Waals surface area contributed by atoms with Crippen LogP contribution in [0.2, 0.25) is 0 Å². The zero-order valence-corrected chi connectivity index (χ0v) is 25.4. The number of amides is 1. The molecule has 11 heteroatoms. The van der Waals surface area contributed by atoms with Crippen LogP contribution in [0, 0.1) is 23.7 Å². The highest BCUT2D eigenvalue weighted by Crippen LogP contribution is 2.61. The van der Waals surface area contributed by atoms with Gasteiger partial charge in [0.2, 0.25) is 0 Å². The molecule has 2 aliphatic carbocycles. The van der Waals surface area contributed by atoms with Crippen LogP contribution in [-0.4, -0.2) is 75.3 Å². The molecule has 2 aliphatic rings. The number of rotatable bonds is 9. The summed E-state index contributed by atoms with van der Waals surface area (Å²) < 4.78 is 15.1. The van der Waals surface area contributed by atoms with Crippen molar-refractivity contribution >= 4 is 36.1 Å². The third kappa shape index (κ3) is 16.6. The van der Waals surface area contributed by atoms with Gasteiger partial charge in [0.25, 0.3) is 0 Å². The zero-order chi connectivity index (χ0) is 29.6. The van der Waals surface area contributed by atoms with Crippen LogP contribution in [0.1, 0.15) is 67.7 Å². The molecule has 10 nitrogen and oxygen atoms in total. The van der Waals surface area contributed by atoms with Crippen molar-refractivity contribution in [2.45, 2.75) is 79.4 Å². The standard InChI is InChI=1S/C12H18O4.C10H19NO3S.C2H6.2CH5N/c1-3-15-11(13)8-6-5-7-9(8)10(7)12(14)16-4-2;1-10(2,3)14-9(13)11-8(7-12)5-6-15-4;3*1-2/h7-10H,3-6H2,1-2H3;7-8H,5-6H2,1-4H3,(H,11,13);1-2H3;2*2H2,1H3. The van der Waals surface area contributed by atoms with E-state index in [4.69, 9.17) is 14.2 Å². The monoisotopic (exact) mass is 551 g/mol. The molecule has 0 saturated heterocycles. The first kappa shape index (κ1) is 39.7. The summed E-state index contributed by atoms with van der Waals surface area (Å²) >= 11 is 1.63. The van der Waals surface area contributed by atoms with E-state index in [1.807, 2.05) is 20.1 Å². The lowest BCUT2D eigenvalue weighted by molar-refractivity contribution is -0.150. The smallest absolute Gasteiger partial charge is 0.408 e. The Morgan fingerprint density at radius 2 is 1.51 bits per heavy atom. The van der Waals surface area contributed by atoms with E-state index in [0.29, 0.717) is 25.6 Å². The maximum Gasteiger partial charge on any atom is 0.408 e. The molecule has 0 aliphatic heterocycles. The molecule has 2 rings (SSSR count). The van der Waals surface area contributed by atoms with Crippen LogP contribution in [0.3, 0.4) is 0 Å². The molecule has 5 atom stereocenters. The second-order valence-electron chi connectivity index (χ2n) is 8.63. The summed E-state index contributed by atoms with van der Waals surface area (Å²) in [6, 6.07) is -0.452. The molecule has 1 amide bonds. The third-order valence-corrected chi connectivity index (χ3v) is 5.80. The highest BCUT2D eigenvalue weighted by molar-refractivity contribution is 7.98. The molecular formula is C26H53N3O7S. The van der Waals surface area contributed by atoms with E-state index < -0.39 is 17.7 Å². The lowest BCUT2D eigenvalue weighted by Gasteiger charge is -2.21. The fourth-order valence-electron chi connectivity index (χ4n) is 3.86. The highest BCUT2D eigenvalue weighted by atomic mass is 32.2. The third-order valence-electron chi connectivity index (χ3n) is 5.15. The molecule has 2 saturated carbocycles. The minimum absolute atomic E-state index is 0.0388. The molecule has 5 unspecified atom stereocenters. The fraction of sp³-hybridized carbons (Fsp3) is 0.846. The molecule has 2 fully saturated rings. The van der Waals surface area contributed by atoms with Gasteiger partial charge in [-0.3, -0.25) is 9.59 Å². The molecule has 0 radical (unpaired) electrons. The van der Waals surface area contributed by atoms with Crippen LogP contribution >= 0.6 is 11.8 Å². The van der Waals surface area contributed by atoms with Crippen molar-refractivity contribution in [2.75, 3.05) is 39.3 Å². The van der Waals surface area contributed by atoms with Crippen molar-refractivity contribution in [1.82, 2.24) is 5.32 Å². The molecule has 0 aromatic carbocycles. The number of thioether (sulfide) groups is 1. The number of carbonyl (C=O) groups excluding carboxylic acids is 4. The molecule has 0 bridgehead atoms. The van der Waals surface area contributed by atoms with Gasteiger partial charge in [0, 0.05) is 0 Å². The predicted octanol–water partition coefficient (Wildman–Crippen LogP) is 3.39. The number of ether oxygens (including phenoxy) is 3. The predicted molar refractivity (Wildman–Crippen MR) is 150 cm³/mol. The van der Waals surface area contributed by atoms with Gasteiger partial charge in [0.1, 0.15) is 11.9 Å². The first-order valence-corrected chi connectivity index (χ1v) is 14.4. The normalized spacial score (nSPS) is 21.1. The number of aldehydes is 1. The maximum absolute atomic E-state index is 11.6. The van der Waals surface area contributed by atoms with Gasteiger partial charge >= 0.3 is 18.0 Å². The van der Waals surface area contributed by atoms with Gasteiger partial charge in [0.05, 0.1) is 31.1 Å². The molecule has 220 valence electrons. The number of hydrogen-bond donors (Lipinski definition) is 3. The Kier molecular flexibility index (Phi) is 25.0. The lowest BCUT2D eigenvalue weighted by atomic mass is 10.0. The number of esters is 2. The van der Waals surface area contributed by atoms with Gasteiger partial charge in [-0.15, -0.1) is 0 Å². The van der Waals surface area contributed by atoms with E-state index in [0.717, 1.165) is 24.9 Å². The summed E-state index contributed by atoms with van der Waals surface area (Å²) in [4.78, 5) is 45.1. The van der Waals surface area contributed by atoms with E-state index in [9.17, 15) is 19.2 Å². The first-order chi connectivity index (χ1) is 17.6. The Bertz CT molecular complexity index is 630. The van der Waals surface area contributed by atoms with Crippen molar-refractivity contribution in [3.63, 3.8) is 0 Å². The van der Waals surface area contributed by atoms with E-state index in [2.05, 4.69) is 16.8 Å². The van der Waals surface area contributed by atoms with Crippen LogP contribution in [0.5, 0.6) is 0 Å². The first-order valence-electron chi connectivity index (χ1n) is 13.0. The minimum atomic E-state index is -0.541. The van der Waals surface area contributed by atoms with Gasteiger partial charge in [-0.2, -0.15) is 11.8 Å². The van der Waals surface area contributed by atoms with Crippen molar-refractivity contribution in [2.24, 2.45) is 35.1 Å². The van der Waals surface area contributed by atoms with Crippen molar-refractivity contribution in [3.05, 3.63) is 0 Å². The van der Waals surface area contributed by atoms with E-state index in [1.165, 1.54) is 14.1 Å². The Hall–Kier alpha value is -1.85. The number of alkyl carbamates (subject to hydrolysis) is 1. The van der Waals surface area contributed by atoms with Gasteiger partial charge < -0.3 is 35.8 Å². The molecule has 0 aromatic rings. The summed E-state index contributed by atoms with van der Waals surface area (Å²) in [6.45, 7) is 13.8.